The van der Waals surface area contributed by atoms with Crippen molar-refractivity contribution in [3.8, 4) is 6.07 Å². The molecule has 4 atom stereocenters. The Morgan fingerprint density at radius 2 is 1.93 bits per heavy atom. The van der Waals surface area contributed by atoms with Gasteiger partial charge in [-0.1, -0.05) is 13.8 Å². The molecular formula is C28H42N7O8P. The summed E-state index contributed by atoms with van der Waals surface area (Å²) in [7, 11) is -1.66. The summed E-state index contributed by atoms with van der Waals surface area (Å²) in [4.78, 5) is 59.9. The van der Waals surface area contributed by atoms with Crippen molar-refractivity contribution in [3.05, 3.63) is 16.7 Å². The van der Waals surface area contributed by atoms with E-state index in [0.717, 1.165) is 0 Å². The number of fused-ring (bicyclic) bond motifs is 1. The third-order valence-electron chi connectivity index (χ3n) is 6.67. The van der Waals surface area contributed by atoms with Crippen LogP contribution in [0.3, 0.4) is 0 Å². The highest BCUT2D eigenvalue weighted by atomic mass is 31.2. The predicted octanol–water partition coefficient (Wildman–Crippen LogP) is 3.58. The number of H-pyrrole nitrogens is 1. The molecule has 0 spiro atoms. The van der Waals surface area contributed by atoms with Crippen LogP contribution in [0.5, 0.6) is 0 Å². The summed E-state index contributed by atoms with van der Waals surface area (Å²) < 4.78 is 28.1. The summed E-state index contributed by atoms with van der Waals surface area (Å²) in [5.74, 6) is -1.35. The summed E-state index contributed by atoms with van der Waals surface area (Å²) in [5, 5.41) is 11.7. The Morgan fingerprint density at radius 1 is 1.23 bits per heavy atom. The minimum atomic E-state index is -1.66. The zero-order valence-electron chi connectivity index (χ0n) is 26.2. The minimum absolute atomic E-state index is 0.0244. The maximum absolute atomic E-state index is 12.8. The van der Waals surface area contributed by atoms with Crippen LogP contribution in [0.15, 0.2) is 11.1 Å². The second kappa shape index (κ2) is 16.2. The molecule has 1 aliphatic rings. The molecule has 2 N–H and O–H groups in total. The van der Waals surface area contributed by atoms with Crippen LogP contribution in [0.4, 0.5) is 5.95 Å². The van der Waals surface area contributed by atoms with Crippen molar-refractivity contribution in [3.63, 3.8) is 0 Å². The first-order valence-corrected chi connectivity index (χ1v) is 15.8. The summed E-state index contributed by atoms with van der Waals surface area (Å²) in [6.45, 7) is 12.9. The van der Waals surface area contributed by atoms with E-state index in [9.17, 15) is 19.2 Å². The zero-order chi connectivity index (χ0) is 32.6. The van der Waals surface area contributed by atoms with Gasteiger partial charge >= 0.3 is 5.97 Å². The second-order valence-electron chi connectivity index (χ2n) is 11.3. The van der Waals surface area contributed by atoms with Crippen LogP contribution in [0.25, 0.3) is 11.2 Å². The Labute approximate surface area is 257 Å². The van der Waals surface area contributed by atoms with Gasteiger partial charge in [0, 0.05) is 30.8 Å². The smallest absolute Gasteiger partial charge is 0.306 e. The molecule has 2 unspecified atom stereocenters. The summed E-state index contributed by atoms with van der Waals surface area (Å²) in [6, 6.07) is 2.18. The van der Waals surface area contributed by atoms with Gasteiger partial charge < -0.3 is 23.3 Å². The monoisotopic (exact) mass is 635 g/mol. The highest BCUT2D eigenvalue weighted by Gasteiger charge is 2.42. The SMILES string of the molecule is CC(=O)CCC(=O)OC[C@H]1O[C@@H](n2cnc3c(=O)[nH]c(NC(=O)C(C)C)nc32)CC1OP(OCCC#N)N(C(C)C)C(C)C. The van der Waals surface area contributed by atoms with Gasteiger partial charge in [-0.2, -0.15) is 10.2 Å². The molecule has 44 heavy (non-hydrogen) atoms. The van der Waals surface area contributed by atoms with Crippen molar-refractivity contribution in [2.24, 2.45) is 5.92 Å². The molecule has 0 aromatic carbocycles. The van der Waals surface area contributed by atoms with Crippen LogP contribution in [0.1, 0.15) is 80.4 Å². The molecule has 16 heteroatoms. The Bertz CT molecular complexity index is 1390. The second-order valence-corrected chi connectivity index (χ2v) is 12.7. The first-order valence-electron chi connectivity index (χ1n) is 14.7. The van der Waals surface area contributed by atoms with E-state index in [-0.39, 0.29) is 85.7 Å². The van der Waals surface area contributed by atoms with Gasteiger partial charge in [-0.25, -0.2) is 9.65 Å². The van der Waals surface area contributed by atoms with Crippen LogP contribution < -0.4 is 10.9 Å². The van der Waals surface area contributed by atoms with E-state index in [4.69, 9.17) is 23.8 Å². The number of amides is 1. The standard InChI is InChI=1S/C28H42N7O8P/c1-16(2)26(38)32-28-31-25-24(27(39)33-28)30-15-34(25)22-13-20(21(42-22)14-40-23(37)10-9-19(7)36)43-44(41-12-8-11-29)35(17(3)4)18(5)6/h15-18,20-22H,8-10,12-14H2,1-7H3,(H2,31,32,33,38,39)/t20?,21-,22-,44?/m1/s1. The van der Waals surface area contributed by atoms with Crippen molar-refractivity contribution in [2.45, 2.75) is 105 Å². The number of aromatic amines is 1. The number of imidazole rings is 1. The molecule has 0 radical (unpaired) electrons. The van der Waals surface area contributed by atoms with E-state index in [0.29, 0.717) is 0 Å². The van der Waals surface area contributed by atoms with Gasteiger partial charge in [0.05, 0.1) is 37.9 Å². The summed E-state index contributed by atoms with van der Waals surface area (Å²) in [5.41, 5.74) is -0.289. The normalized spacial score (nSPS) is 19.2. The number of anilines is 1. The molecule has 1 aliphatic heterocycles. The number of esters is 1. The molecule has 1 saturated heterocycles. The lowest BCUT2D eigenvalue weighted by molar-refractivity contribution is -0.150. The first kappa shape index (κ1) is 35.2. The van der Waals surface area contributed by atoms with Crippen LogP contribution in [0, 0.1) is 17.2 Å². The average Bonchev–Trinajstić information content (AvgIpc) is 3.54. The number of rotatable bonds is 16. The maximum atomic E-state index is 12.8. The number of nitriles is 1. The lowest BCUT2D eigenvalue weighted by Crippen LogP contribution is -2.36. The fourth-order valence-corrected chi connectivity index (χ4v) is 6.28. The molecule has 2 aromatic rings. The van der Waals surface area contributed by atoms with Crippen molar-refractivity contribution < 1.29 is 32.9 Å². The predicted molar refractivity (Wildman–Crippen MR) is 161 cm³/mol. The molecule has 0 saturated carbocycles. The minimum Gasteiger partial charge on any atom is -0.463 e. The number of nitrogens with zero attached hydrogens (tertiary/aromatic N) is 5. The fourth-order valence-electron chi connectivity index (χ4n) is 4.52. The molecule has 2 aromatic heterocycles. The number of Topliss-reactive ketones (excluding diaryl/α,β-unsaturated/α-hetero) is 1. The van der Waals surface area contributed by atoms with Crippen molar-refractivity contribution in [2.75, 3.05) is 18.5 Å². The van der Waals surface area contributed by atoms with Gasteiger partial charge in [0.1, 0.15) is 24.7 Å². The number of ether oxygens (including phenoxy) is 2. The lowest BCUT2D eigenvalue weighted by atomic mass is 10.2. The van der Waals surface area contributed by atoms with Crippen molar-refractivity contribution in [1.29, 1.82) is 5.26 Å². The quantitative estimate of drug-likeness (QED) is 0.155. The van der Waals surface area contributed by atoms with E-state index >= 15 is 0 Å². The van der Waals surface area contributed by atoms with Crippen LogP contribution in [-0.2, 0) is 32.9 Å². The summed E-state index contributed by atoms with van der Waals surface area (Å²) in [6.07, 6.45) is -0.224. The highest BCUT2D eigenvalue weighted by molar-refractivity contribution is 7.44. The van der Waals surface area contributed by atoms with Crippen LogP contribution in [-0.4, -0.2) is 79.4 Å². The van der Waals surface area contributed by atoms with Gasteiger partial charge in [0.15, 0.2) is 11.2 Å². The Kier molecular flexibility index (Phi) is 12.9. The Hall–Kier alpha value is -3.28. The van der Waals surface area contributed by atoms with Gasteiger partial charge in [-0.3, -0.25) is 29.3 Å². The molecule has 242 valence electrons. The van der Waals surface area contributed by atoms with Gasteiger partial charge in [0.2, 0.25) is 11.9 Å². The molecule has 1 amide bonds. The number of nitrogens with one attached hydrogen (secondary N) is 2. The van der Waals surface area contributed by atoms with E-state index in [2.05, 4.69) is 31.0 Å². The molecule has 0 aliphatic carbocycles. The molecular weight excluding hydrogens is 593 g/mol. The average molecular weight is 636 g/mol. The van der Waals surface area contributed by atoms with Crippen molar-refractivity contribution >= 4 is 43.3 Å². The number of carbonyl (C=O) groups is 3. The van der Waals surface area contributed by atoms with Crippen molar-refractivity contribution in [1.82, 2.24) is 24.2 Å². The Morgan fingerprint density at radius 3 is 2.55 bits per heavy atom. The van der Waals surface area contributed by atoms with Gasteiger partial charge in [-0.05, 0) is 34.6 Å². The fraction of sp³-hybridized carbons (Fsp3) is 0.679. The molecule has 15 nitrogen and oxygen atoms in total. The van der Waals surface area contributed by atoms with E-state index < -0.39 is 38.5 Å². The Balaban J connectivity index is 1.93. The molecule has 3 heterocycles. The van der Waals surface area contributed by atoms with E-state index in [1.807, 2.05) is 27.7 Å². The first-order chi connectivity index (χ1) is 20.8. The van der Waals surface area contributed by atoms with Crippen LogP contribution >= 0.6 is 8.53 Å². The maximum Gasteiger partial charge on any atom is 0.306 e. The molecule has 1 fully saturated rings. The lowest BCUT2D eigenvalue weighted by Gasteiger charge is -2.37. The number of carbonyl (C=O) groups excluding carboxylic acids is 3. The number of hydrogen-bond acceptors (Lipinski definition) is 12. The van der Waals surface area contributed by atoms with Gasteiger partial charge in [-0.15, -0.1) is 0 Å². The largest absolute Gasteiger partial charge is 0.463 e. The molecule has 3 rings (SSSR count). The van der Waals surface area contributed by atoms with Gasteiger partial charge in [0.25, 0.3) is 14.1 Å². The summed E-state index contributed by atoms with van der Waals surface area (Å²) >= 11 is 0. The third kappa shape index (κ3) is 9.36. The topological polar surface area (TPSA) is 191 Å². The highest BCUT2D eigenvalue weighted by Crippen LogP contribution is 2.50. The zero-order valence-corrected chi connectivity index (χ0v) is 27.1. The number of ketones is 1. The van der Waals surface area contributed by atoms with Crippen LogP contribution in [0.2, 0.25) is 0 Å². The number of aromatic nitrogens is 4. The number of hydrogen-bond donors (Lipinski definition) is 2. The third-order valence-corrected chi connectivity index (χ3v) is 8.82. The van der Waals surface area contributed by atoms with E-state index in [1.165, 1.54) is 13.3 Å². The molecule has 0 bridgehead atoms. The van der Waals surface area contributed by atoms with E-state index in [1.54, 1.807) is 18.4 Å².